The summed E-state index contributed by atoms with van der Waals surface area (Å²) in [4.78, 5) is 2.64. The highest BCUT2D eigenvalue weighted by Crippen LogP contribution is 2.24. The van der Waals surface area contributed by atoms with E-state index in [1.54, 1.807) is 0 Å². The zero-order chi connectivity index (χ0) is 14.8. The van der Waals surface area contributed by atoms with Gasteiger partial charge in [-0.2, -0.15) is 0 Å². The third-order valence-electron chi connectivity index (χ3n) is 4.51. The van der Waals surface area contributed by atoms with Crippen molar-refractivity contribution in [3.63, 3.8) is 0 Å². The molecule has 20 heavy (non-hydrogen) atoms. The van der Waals surface area contributed by atoms with Crippen LogP contribution in [0.25, 0.3) is 0 Å². The van der Waals surface area contributed by atoms with E-state index in [0.717, 1.165) is 19.6 Å². The van der Waals surface area contributed by atoms with Gasteiger partial charge in [0.1, 0.15) is 0 Å². The number of benzene rings is 1. The summed E-state index contributed by atoms with van der Waals surface area (Å²) < 4.78 is 0. The Labute approximate surface area is 124 Å². The number of hydrogen-bond donors (Lipinski definition) is 1. The summed E-state index contributed by atoms with van der Waals surface area (Å²) in [6.45, 7) is 14.9. The van der Waals surface area contributed by atoms with Crippen molar-refractivity contribution >= 4 is 0 Å². The first-order valence-corrected chi connectivity index (χ1v) is 7.89. The minimum atomic E-state index is 0.314. The zero-order valence-electron chi connectivity index (χ0n) is 13.7. The molecule has 2 heteroatoms. The maximum Gasteiger partial charge on any atom is 0.0243 e. The van der Waals surface area contributed by atoms with Crippen LogP contribution in [0.15, 0.2) is 24.3 Å². The van der Waals surface area contributed by atoms with Gasteiger partial charge in [0.15, 0.2) is 0 Å². The van der Waals surface area contributed by atoms with Crippen molar-refractivity contribution in [2.45, 2.75) is 59.7 Å². The fraction of sp³-hybridized carbons (Fsp3) is 0.667. The Morgan fingerprint density at radius 1 is 1.30 bits per heavy atom. The number of nitrogens with zero attached hydrogens (tertiary/aromatic N) is 1. The highest BCUT2D eigenvalue weighted by molar-refractivity contribution is 5.22. The fourth-order valence-corrected chi connectivity index (χ4v) is 2.97. The molecule has 2 unspecified atom stereocenters. The predicted octanol–water partition coefficient (Wildman–Crippen LogP) is 3.59. The summed E-state index contributed by atoms with van der Waals surface area (Å²) in [6.07, 6.45) is 1.23. The van der Waals surface area contributed by atoms with E-state index in [9.17, 15) is 0 Å². The van der Waals surface area contributed by atoms with Gasteiger partial charge in [0.2, 0.25) is 0 Å². The van der Waals surface area contributed by atoms with Crippen LogP contribution >= 0.6 is 0 Å². The minimum Gasteiger partial charge on any atom is -0.312 e. The number of rotatable bonds is 2. The van der Waals surface area contributed by atoms with Crippen LogP contribution < -0.4 is 5.32 Å². The van der Waals surface area contributed by atoms with Gasteiger partial charge in [-0.3, -0.25) is 4.90 Å². The Kier molecular flexibility index (Phi) is 4.87. The van der Waals surface area contributed by atoms with Crippen LogP contribution in [0.1, 0.15) is 45.2 Å². The number of hydrogen-bond acceptors (Lipinski definition) is 2. The van der Waals surface area contributed by atoms with Crippen molar-refractivity contribution in [2.24, 2.45) is 5.41 Å². The van der Waals surface area contributed by atoms with E-state index in [0.29, 0.717) is 17.5 Å². The molecule has 1 aromatic rings. The molecule has 1 N–H and O–H groups in total. The normalized spacial score (nSPS) is 25.4. The summed E-state index contributed by atoms with van der Waals surface area (Å²) in [7, 11) is 0. The van der Waals surface area contributed by atoms with E-state index < -0.39 is 0 Å². The van der Waals surface area contributed by atoms with Crippen molar-refractivity contribution in [2.75, 3.05) is 13.1 Å². The molecule has 0 bridgehead atoms. The van der Waals surface area contributed by atoms with Crippen LogP contribution in [0.2, 0.25) is 0 Å². The molecule has 1 aliphatic rings. The lowest BCUT2D eigenvalue weighted by Gasteiger charge is -2.35. The van der Waals surface area contributed by atoms with Gasteiger partial charge in [-0.1, -0.05) is 50.6 Å². The molecule has 2 nitrogen and oxygen atoms in total. The SMILES string of the molecule is Cc1cccc(CN2CC(C(C)(C)C)NCCC2C)c1. The van der Waals surface area contributed by atoms with Gasteiger partial charge in [0, 0.05) is 25.2 Å². The zero-order valence-corrected chi connectivity index (χ0v) is 13.7. The van der Waals surface area contributed by atoms with Gasteiger partial charge < -0.3 is 5.32 Å². The van der Waals surface area contributed by atoms with Crippen LogP contribution in [0.5, 0.6) is 0 Å². The minimum absolute atomic E-state index is 0.314. The van der Waals surface area contributed by atoms with Gasteiger partial charge in [-0.05, 0) is 37.8 Å². The predicted molar refractivity (Wildman–Crippen MR) is 86.9 cm³/mol. The molecule has 112 valence electrons. The van der Waals surface area contributed by atoms with Gasteiger partial charge >= 0.3 is 0 Å². The smallest absolute Gasteiger partial charge is 0.0243 e. The Morgan fingerprint density at radius 3 is 2.70 bits per heavy atom. The number of aryl methyl sites for hydroxylation is 1. The van der Waals surface area contributed by atoms with Gasteiger partial charge in [-0.25, -0.2) is 0 Å². The first-order valence-electron chi connectivity index (χ1n) is 7.89. The third kappa shape index (κ3) is 4.07. The second-order valence-corrected chi connectivity index (χ2v) is 7.43. The lowest BCUT2D eigenvalue weighted by molar-refractivity contribution is 0.157. The van der Waals surface area contributed by atoms with E-state index in [2.05, 4.69) is 69.1 Å². The lowest BCUT2D eigenvalue weighted by Crippen LogP contribution is -2.47. The molecular weight excluding hydrogens is 244 g/mol. The van der Waals surface area contributed by atoms with Gasteiger partial charge in [0.25, 0.3) is 0 Å². The quantitative estimate of drug-likeness (QED) is 0.886. The lowest BCUT2D eigenvalue weighted by atomic mass is 9.86. The highest BCUT2D eigenvalue weighted by Gasteiger charge is 2.30. The Hall–Kier alpha value is -0.860. The standard InChI is InChI=1S/C18H30N2/c1-14-7-6-8-16(11-14)12-20-13-17(18(3,4)5)19-10-9-15(20)2/h6-8,11,15,17,19H,9-10,12-13H2,1-5H3. The maximum atomic E-state index is 3.74. The molecule has 1 heterocycles. The molecule has 0 saturated carbocycles. The molecule has 0 aliphatic carbocycles. The molecule has 2 atom stereocenters. The van der Waals surface area contributed by atoms with E-state index in [-0.39, 0.29) is 0 Å². The summed E-state index contributed by atoms with van der Waals surface area (Å²) in [6, 6.07) is 10.1. The van der Waals surface area contributed by atoms with E-state index >= 15 is 0 Å². The van der Waals surface area contributed by atoms with Crippen molar-refractivity contribution in [3.8, 4) is 0 Å². The first kappa shape index (κ1) is 15.5. The second-order valence-electron chi connectivity index (χ2n) is 7.43. The van der Waals surface area contributed by atoms with Crippen molar-refractivity contribution < 1.29 is 0 Å². The molecule has 0 amide bonds. The molecule has 0 spiro atoms. The van der Waals surface area contributed by atoms with E-state index in [4.69, 9.17) is 0 Å². The summed E-state index contributed by atoms with van der Waals surface area (Å²) in [5, 5.41) is 3.74. The highest BCUT2D eigenvalue weighted by atomic mass is 15.2. The molecule has 1 fully saturated rings. The van der Waals surface area contributed by atoms with Crippen molar-refractivity contribution in [1.82, 2.24) is 10.2 Å². The van der Waals surface area contributed by atoms with Crippen LogP contribution in [0.4, 0.5) is 0 Å². The van der Waals surface area contributed by atoms with Crippen LogP contribution in [-0.4, -0.2) is 30.1 Å². The van der Waals surface area contributed by atoms with Crippen LogP contribution in [0, 0.1) is 12.3 Å². The molecule has 0 aromatic heterocycles. The molecule has 1 saturated heterocycles. The summed E-state index contributed by atoms with van der Waals surface area (Å²) in [5.41, 5.74) is 3.11. The maximum absolute atomic E-state index is 3.74. The van der Waals surface area contributed by atoms with Crippen LogP contribution in [-0.2, 0) is 6.54 Å². The average Bonchev–Trinajstić information content (AvgIpc) is 2.52. The monoisotopic (exact) mass is 274 g/mol. The summed E-state index contributed by atoms with van der Waals surface area (Å²) in [5.74, 6) is 0. The Balaban J connectivity index is 2.11. The molecular formula is C18H30N2. The van der Waals surface area contributed by atoms with Crippen molar-refractivity contribution in [1.29, 1.82) is 0 Å². The summed E-state index contributed by atoms with van der Waals surface area (Å²) >= 11 is 0. The van der Waals surface area contributed by atoms with Gasteiger partial charge in [0.05, 0.1) is 0 Å². The second kappa shape index (κ2) is 6.28. The molecule has 2 rings (SSSR count). The molecule has 1 aromatic carbocycles. The largest absolute Gasteiger partial charge is 0.312 e. The number of nitrogens with one attached hydrogen (secondary N) is 1. The first-order chi connectivity index (χ1) is 9.36. The Bertz CT molecular complexity index is 433. The molecule has 0 radical (unpaired) electrons. The molecule has 1 aliphatic heterocycles. The fourth-order valence-electron chi connectivity index (χ4n) is 2.97. The Morgan fingerprint density at radius 2 is 2.05 bits per heavy atom. The third-order valence-corrected chi connectivity index (χ3v) is 4.51. The van der Waals surface area contributed by atoms with Crippen LogP contribution in [0.3, 0.4) is 0 Å². The topological polar surface area (TPSA) is 15.3 Å². The van der Waals surface area contributed by atoms with E-state index in [1.807, 2.05) is 0 Å². The van der Waals surface area contributed by atoms with Gasteiger partial charge in [-0.15, -0.1) is 0 Å². The van der Waals surface area contributed by atoms with E-state index in [1.165, 1.54) is 17.5 Å². The average molecular weight is 274 g/mol. The van der Waals surface area contributed by atoms with Crippen molar-refractivity contribution in [3.05, 3.63) is 35.4 Å².